The molecule has 1 N–H and O–H groups in total. The van der Waals surface area contributed by atoms with Gasteiger partial charge < -0.3 is 5.32 Å². The van der Waals surface area contributed by atoms with Crippen molar-refractivity contribution >= 4 is 27.3 Å². The summed E-state index contributed by atoms with van der Waals surface area (Å²) in [6.07, 6.45) is 1.59. The number of carbonyl (C=O) groups is 1. The van der Waals surface area contributed by atoms with Gasteiger partial charge >= 0.3 is 0 Å². The van der Waals surface area contributed by atoms with Gasteiger partial charge in [-0.05, 0) is 44.4 Å². The van der Waals surface area contributed by atoms with Crippen LogP contribution in [0, 0.1) is 24.0 Å². The molecule has 8 nitrogen and oxygen atoms in total. The maximum Gasteiger partial charge on any atom is 0.271 e. The van der Waals surface area contributed by atoms with Crippen molar-refractivity contribution in [3.05, 3.63) is 69.3 Å². The Hall–Kier alpha value is -2.94. The van der Waals surface area contributed by atoms with Crippen molar-refractivity contribution in [1.29, 1.82) is 0 Å². The number of nitrogens with one attached hydrogen (secondary N) is 1. The molecule has 2 aromatic carbocycles. The monoisotopic (exact) mass is 433 g/mol. The lowest BCUT2D eigenvalue weighted by Gasteiger charge is -2.30. The van der Waals surface area contributed by atoms with E-state index in [1.54, 1.807) is 0 Å². The van der Waals surface area contributed by atoms with E-state index in [0.717, 1.165) is 33.3 Å². The Labute approximate surface area is 177 Å². The van der Waals surface area contributed by atoms with E-state index in [4.69, 9.17) is 0 Å². The molecule has 2 atom stereocenters. The van der Waals surface area contributed by atoms with Crippen molar-refractivity contribution in [2.24, 2.45) is 0 Å². The summed E-state index contributed by atoms with van der Waals surface area (Å²) in [5, 5.41) is 14.0. The summed E-state index contributed by atoms with van der Waals surface area (Å²) in [5.74, 6) is -0.487. The van der Waals surface area contributed by atoms with E-state index in [1.165, 1.54) is 25.1 Å². The van der Waals surface area contributed by atoms with Gasteiger partial charge in [0.15, 0.2) is 0 Å². The number of aryl methyl sites for hydroxylation is 2. The number of hydrogen-bond acceptors (Lipinski definition) is 5. The summed E-state index contributed by atoms with van der Waals surface area (Å²) in [5.41, 5.74) is 2.92. The Balaban J connectivity index is 2.36. The first-order valence-corrected chi connectivity index (χ1v) is 11.4. The minimum atomic E-state index is -3.88. The molecule has 0 heterocycles. The van der Waals surface area contributed by atoms with Crippen molar-refractivity contribution in [3.63, 3.8) is 0 Å². The molecule has 0 saturated heterocycles. The van der Waals surface area contributed by atoms with E-state index in [2.05, 4.69) is 5.32 Å². The van der Waals surface area contributed by atoms with Gasteiger partial charge in [-0.2, -0.15) is 0 Å². The van der Waals surface area contributed by atoms with Crippen LogP contribution in [0.1, 0.15) is 43.0 Å². The second-order valence-corrected chi connectivity index (χ2v) is 9.20. The molecule has 0 unspecified atom stereocenters. The maximum absolute atomic E-state index is 13.0. The van der Waals surface area contributed by atoms with Crippen LogP contribution in [0.15, 0.2) is 42.5 Å². The van der Waals surface area contributed by atoms with Crippen LogP contribution >= 0.6 is 0 Å². The number of anilines is 1. The minimum Gasteiger partial charge on any atom is -0.347 e. The average molecular weight is 434 g/mol. The molecule has 0 saturated carbocycles. The molecule has 0 bridgehead atoms. The Morgan fingerprint density at radius 3 is 2.40 bits per heavy atom. The van der Waals surface area contributed by atoms with Crippen molar-refractivity contribution < 1.29 is 18.1 Å². The van der Waals surface area contributed by atoms with Gasteiger partial charge in [0.05, 0.1) is 22.9 Å². The summed E-state index contributed by atoms with van der Waals surface area (Å²) in [6, 6.07) is 9.80. The van der Waals surface area contributed by atoms with Crippen LogP contribution in [0.4, 0.5) is 11.4 Å². The van der Waals surface area contributed by atoms with Gasteiger partial charge in [-0.15, -0.1) is 0 Å². The minimum absolute atomic E-state index is 0.0638. The van der Waals surface area contributed by atoms with E-state index in [9.17, 15) is 23.3 Å². The first kappa shape index (κ1) is 23.3. The molecule has 9 heteroatoms. The van der Waals surface area contributed by atoms with Gasteiger partial charge in [0.2, 0.25) is 15.9 Å². The molecule has 2 rings (SSSR count). The number of non-ortho nitro benzene ring substituents is 1. The summed E-state index contributed by atoms with van der Waals surface area (Å²) >= 11 is 0. The molecule has 0 radical (unpaired) electrons. The lowest BCUT2D eigenvalue weighted by molar-refractivity contribution is -0.384. The number of sulfonamides is 1. The van der Waals surface area contributed by atoms with Crippen molar-refractivity contribution in [2.45, 2.75) is 46.2 Å². The van der Waals surface area contributed by atoms with Crippen LogP contribution in [0.3, 0.4) is 0 Å². The number of carbonyl (C=O) groups excluding carboxylic acids is 1. The highest BCUT2D eigenvalue weighted by Gasteiger charge is 2.31. The van der Waals surface area contributed by atoms with Crippen LogP contribution in [0.5, 0.6) is 0 Å². The fourth-order valence-corrected chi connectivity index (χ4v) is 4.63. The number of nitro benzene ring substituents is 1. The largest absolute Gasteiger partial charge is 0.347 e. The molecule has 0 aliphatic rings. The van der Waals surface area contributed by atoms with Gasteiger partial charge in [0, 0.05) is 12.1 Å². The quantitative estimate of drug-likeness (QED) is 0.505. The number of nitro groups is 1. The van der Waals surface area contributed by atoms with Crippen LogP contribution in [0.25, 0.3) is 0 Å². The lowest BCUT2D eigenvalue weighted by atomic mass is 9.97. The third-order valence-corrected chi connectivity index (χ3v) is 6.15. The normalized spacial score (nSPS) is 13.4. The summed E-state index contributed by atoms with van der Waals surface area (Å²) in [7, 11) is -3.88. The van der Waals surface area contributed by atoms with Crippen LogP contribution in [0.2, 0.25) is 0 Å². The molecule has 0 aromatic heterocycles. The lowest BCUT2D eigenvalue weighted by Crippen LogP contribution is -2.48. The highest BCUT2D eigenvalue weighted by atomic mass is 32.2. The summed E-state index contributed by atoms with van der Waals surface area (Å²) in [4.78, 5) is 23.5. The predicted octanol–water partition coefficient (Wildman–Crippen LogP) is 3.63. The summed E-state index contributed by atoms with van der Waals surface area (Å²) < 4.78 is 25.8. The average Bonchev–Trinajstić information content (AvgIpc) is 2.65. The van der Waals surface area contributed by atoms with Crippen LogP contribution in [-0.4, -0.2) is 31.5 Å². The second-order valence-electron chi connectivity index (χ2n) is 7.34. The Morgan fingerprint density at radius 1 is 1.20 bits per heavy atom. The van der Waals surface area contributed by atoms with Crippen LogP contribution in [-0.2, 0) is 14.8 Å². The number of nitrogens with zero attached hydrogens (tertiary/aromatic N) is 2. The first-order valence-electron chi connectivity index (χ1n) is 9.57. The predicted molar refractivity (Wildman–Crippen MR) is 117 cm³/mol. The van der Waals surface area contributed by atoms with Gasteiger partial charge in [-0.1, -0.05) is 36.8 Å². The van der Waals surface area contributed by atoms with Crippen molar-refractivity contribution in [1.82, 2.24) is 5.32 Å². The zero-order valence-corrected chi connectivity index (χ0v) is 18.6. The van der Waals surface area contributed by atoms with Gasteiger partial charge in [-0.25, -0.2) is 8.42 Å². The van der Waals surface area contributed by atoms with Gasteiger partial charge in [0.1, 0.15) is 6.04 Å². The SMILES string of the molecule is CC[C@@H](NC(=O)[C@@H](C)N(c1cccc([N+](=O)[O-])c1)S(C)(=O)=O)c1ccc(C)cc1C. The number of hydrogen-bond donors (Lipinski definition) is 1. The highest BCUT2D eigenvalue weighted by Crippen LogP contribution is 2.26. The van der Waals surface area contributed by atoms with Crippen molar-refractivity contribution in [2.75, 3.05) is 10.6 Å². The van der Waals surface area contributed by atoms with E-state index < -0.39 is 26.9 Å². The smallest absolute Gasteiger partial charge is 0.271 e. The number of rotatable bonds is 8. The molecule has 0 aliphatic heterocycles. The van der Waals surface area contributed by atoms with Gasteiger partial charge in [0.25, 0.3) is 5.69 Å². The highest BCUT2D eigenvalue weighted by molar-refractivity contribution is 7.92. The first-order chi connectivity index (χ1) is 14.0. The zero-order chi connectivity index (χ0) is 22.6. The topological polar surface area (TPSA) is 110 Å². The third kappa shape index (κ3) is 5.35. The Kier molecular flexibility index (Phi) is 7.20. The maximum atomic E-state index is 13.0. The summed E-state index contributed by atoms with van der Waals surface area (Å²) in [6.45, 7) is 7.35. The fourth-order valence-electron chi connectivity index (χ4n) is 3.46. The molecular formula is C21H27N3O5S. The third-order valence-electron chi connectivity index (χ3n) is 4.91. The number of benzene rings is 2. The van der Waals surface area contributed by atoms with E-state index in [-0.39, 0.29) is 17.4 Å². The van der Waals surface area contributed by atoms with Crippen molar-refractivity contribution in [3.8, 4) is 0 Å². The Morgan fingerprint density at radius 2 is 1.87 bits per heavy atom. The fraction of sp³-hybridized carbons (Fsp3) is 0.381. The molecule has 0 fully saturated rings. The molecule has 2 aromatic rings. The number of amides is 1. The van der Waals surface area contributed by atoms with E-state index in [1.807, 2.05) is 39.0 Å². The van der Waals surface area contributed by atoms with E-state index >= 15 is 0 Å². The van der Waals surface area contributed by atoms with Crippen LogP contribution < -0.4 is 9.62 Å². The molecule has 162 valence electrons. The second kappa shape index (κ2) is 9.25. The molecule has 30 heavy (non-hydrogen) atoms. The molecule has 0 aliphatic carbocycles. The molecular weight excluding hydrogens is 406 g/mol. The Bertz CT molecular complexity index is 1050. The van der Waals surface area contributed by atoms with E-state index in [0.29, 0.717) is 6.42 Å². The molecule has 0 spiro atoms. The molecule has 1 amide bonds. The standard InChI is InChI=1S/C21H27N3O5S/c1-6-20(19-11-10-14(2)12-15(19)3)22-21(25)16(4)23(30(5,28)29)17-8-7-9-18(13-17)24(26)27/h7-13,16,20H,6H2,1-5H3,(H,22,25)/t16-,20-/m1/s1. The zero-order valence-electron chi connectivity index (χ0n) is 17.7. The van der Waals surface area contributed by atoms with Gasteiger partial charge in [-0.3, -0.25) is 19.2 Å².